The predicted molar refractivity (Wildman–Crippen MR) is 62.0 cm³/mol. The molecule has 1 rings (SSSR count). The Labute approximate surface area is 96.6 Å². The minimum Gasteiger partial charge on any atom is -0.466 e. The van der Waals surface area contributed by atoms with Gasteiger partial charge in [-0.05, 0) is 32.8 Å². The highest BCUT2D eigenvalue weighted by molar-refractivity contribution is 5.75. The van der Waals surface area contributed by atoms with E-state index in [2.05, 4.69) is 12.0 Å². The van der Waals surface area contributed by atoms with Gasteiger partial charge >= 0.3 is 5.97 Å². The van der Waals surface area contributed by atoms with Gasteiger partial charge in [-0.25, -0.2) is 0 Å². The second kappa shape index (κ2) is 5.14. The quantitative estimate of drug-likeness (QED) is 0.719. The Balaban J connectivity index is 2.67. The molecule has 90 valence electrons. The lowest BCUT2D eigenvalue weighted by molar-refractivity contribution is -0.154. The van der Waals surface area contributed by atoms with Crippen LogP contribution in [0.25, 0.3) is 0 Å². The molecule has 0 saturated heterocycles. The first-order valence-electron chi connectivity index (χ1n) is 5.68. The summed E-state index contributed by atoms with van der Waals surface area (Å²) in [5.74, 6) is -0.177. The van der Waals surface area contributed by atoms with Gasteiger partial charge in [0, 0.05) is 6.20 Å². The van der Waals surface area contributed by atoms with E-state index in [4.69, 9.17) is 4.74 Å². The molecule has 0 spiro atoms. The van der Waals surface area contributed by atoms with E-state index in [1.807, 2.05) is 33.2 Å². The van der Waals surface area contributed by atoms with E-state index >= 15 is 0 Å². The van der Waals surface area contributed by atoms with E-state index in [0.29, 0.717) is 13.2 Å². The molecular weight excluding hydrogens is 204 g/mol. The first kappa shape index (κ1) is 12.7. The van der Waals surface area contributed by atoms with Crippen LogP contribution in [-0.2, 0) is 22.5 Å². The van der Waals surface area contributed by atoms with Gasteiger partial charge in [-0.2, -0.15) is 5.10 Å². The van der Waals surface area contributed by atoms with Crippen molar-refractivity contribution >= 4 is 5.97 Å². The smallest absolute Gasteiger partial charge is 0.313 e. The predicted octanol–water partition coefficient (Wildman–Crippen LogP) is 2.03. The summed E-state index contributed by atoms with van der Waals surface area (Å²) in [5, 5.41) is 4.22. The Morgan fingerprint density at radius 2 is 2.19 bits per heavy atom. The van der Waals surface area contributed by atoms with Gasteiger partial charge < -0.3 is 4.74 Å². The van der Waals surface area contributed by atoms with Gasteiger partial charge in [0.05, 0.1) is 24.8 Å². The van der Waals surface area contributed by atoms with Crippen LogP contribution < -0.4 is 0 Å². The third-order valence-corrected chi connectivity index (χ3v) is 2.48. The molecule has 0 N–H and O–H groups in total. The first-order chi connectivity index (χ1) is 7.49. The Morgan fingerprint density at radius 3 is 2.69 bits per heavy atom. The third kappa shape index (κ3) is 3.08. The zero-order valence-electron chi connectivity index (χ0n) is 10.5. The molecule has 0 atom stereocenters. The normalized spacial score (nSPS) is 11.5. The van der Waals surface area contributed by atoms with Crippen molar-refractivity contribution < 1.29 is 9.53 Å². The minimum atomic E-state index is -0.535. The average Bonchev–Trinajstić information content (AvgIpc) is 2.65. The lowest BCUT2D eigenvalue weighted by Gasteiger charge is -2.21. The highest BCUT2D eigenvalue weighted by Crippen LogP contribution is 2.20. The summed E-state index contributed by atoms with van der Waals surface area (Å²) in [6.45, 7) is 8.61. The Kier molecular flexibility index (Phi) is 4.10. The van der Waals surface area contributed by atoms with Gasteiger partial charge in [-0.1, -0.05) is 6.92 Å². The Morgan fingerprint density at radius 1 is 1.50 bits per heavy atom. The van der Waals surface area contributed by atoms with Crippen LogP contribution in [0.1, 0.15) is 33.3 Å². The van der Waals surface area contributed by atoms with E-state index in [0.717, 1.165) is 6.42 Å². The number of aryl methyl sites for hydroxylation is 1. The molecule has 0 unspecified atom stereocenters. The van der Waals surface area contributed by atoms with Crippen LogP contribution >= 0.6 is 0 Å². The SMILES string of the molecule is CCOC(=O)C(C)(C)Cn1cc(CC)cn1. The number of ether oxygens (including phenoxy) is 1. The van der Waals surface area contributed by atoms with Crippen molar-refractivity contribution in [1.82, 2.24) is 9.78 Å². The van der Waals surface area contributed by atoms with Crippen molar-refractivity contribution in [3.8, 4) is 0 Å². The van der Waals surface area contributed by atoms with Crippen molar-refractivity contribution in [2.45, 2.75) is 40.7 Å². The molecule has 4 nitrogen and oxygen atoms in total. The molecule has 4 heteroatoms. The van der Waals surface area contributed by atoms with Crippen molar-refractivity contribution in [2.75, 3.05) is 6.61 Å². The number of hydrogen-bond acceptors (Lipinski definition) is 3. The lowest BCUT2D eigenvalue weighted by Crippen LogP contribution is -2.31. The van der Waals surface area contributed by atoms with E-state index in [9.17, 15) is 4.79 Å². The maximum atomic E-state index is 11.7. The van der Waals surface area contributed by atoms with Gasteiger partial charge in [-0.15, -0.1) is 0 Å². The van der Waals surface area contributed by atoms with Crippen LogP contribution in [0, 0.1) is 5.41 Å². The second-order valence-corrected chi connectivity index (χ2v) is 4.50. The van der Waals surface area contributed by atoms with Gasteiger partial charge in [0.15, 0.2) is 0 Å². The second-order valence-electron chi connectivity index (χ2n) is 4.50. The fourth-order valence-corrected chi connectivity index (χ4v) is 1.47. The van der Waals surface area contributed by atoms with E-state index in [-0.39, 0.29) is 5.97 Å². The zero-order chi connectivity index (χ0) is 12.2. The first-order valence-corrected chi connectivity index (χ1v) is 5.68. The summed E-state index contributed by atoms with van der Waals surface area (Å²) in [6.07, 6.45) is 4.77. The fraction of sp³-hybridized carbons (Fsp3) is 0.667. The van der Waals surface area contributed by atoms with Crippen LogP contribution in [0.15, 0.2) is 12.4 Å². The number of carbonyl (C=O) groups excluding carboxylic acids is 1. The third-order valence-electron chi connectivity index (χ3n) is 2.48. The van der Waals surface area contributed by atoms with Crippen molar-refractivity contribution in [3.05, 3.63) is 18.0 Å². The number of nitrogens with zero attached hydrogens (tertiary/aromatic N) is 2. The zero-order valence-corrected chi connectivity index (χ0v) is 10.5. The molecule has 1 heterocycles. The van der Waals surface area contributed by atoms with Gasteiger partial charge in [-0.3, -0.25) is 9.48 Å². The molecule has 1 aromatic heterocycles. The molecule has 0 aliphatic heterocycles. The number of esters is 1. The standard InChI is InChI=1S/C12H20N2O2/c1-5-10-7-13-14(8-10)9-12(3,4)11(15)16-6-2/h7-8H,5-6,9H2,1-4H3. The number of hydrogen-bond donors (Lipinski definition) is 0. The van der Waals surface area contributed by atoms with E-state index in [1.165, 1.54) is 5.56 Å². The number of carbonyl (C=O) groups is 1. The minimum absolute atomic E-state index is 0.177. The monoisotopic (exact) mass is 224 g/mol. The number of aromatic nitrogens is 2. The molecule has 0 saturated carbocycles. The van der Waals surface area contributed by atoms with Crippen LogP contribution in [0.5, 0.6) is 0 Å². The summed E-state index contributed by atoms with van der Waals surface area (Å²) in [5.41, 5.74) is 0.646. The van der Waals surface area contributed by atoms with Crippen LogP contribution in [0.4, 0.5) is 0 Å². The summed E-state index contributed by atoms with van der Waals surface area (Å²) >= 11 is 0. The van der Waals surface area contributed by atoms with E-state index in [1.54, 1.807) is 4.68 Å². The highest BCUT2D eigenvalue weighted by Gasteiger charge is 2.29. The van der Waals surface area contributed by atoms with Crippen molar-refractivity contribution in [1.29, 1.82) is 0 Å². The molecule has 0 bridgehead atoms. The summed E-state index contributed by atoms with van der Waals surface area (Å²) in [7, 11) is 0. The average molecular weight is 224 g/mol. The summed E-state index contributed by atoms with van der Waals surface area (Å²) in [6, 6.07) is 0. The van der Waals surface area contributed by atoms with Gasteiger partial charge in [0.25, 0.3) is 0 Å². The van der Waals surface area contributed by atoms with Crippen LogP contribution in [0.2, 0.25) is 0 Å². The molecule has 0 fully saturated rings. The molecule has 0 radical (unpaired) electrons. The lowest BCUT2D eigenvalue weighted by atomic mass is 9.94. The Hall–Kier alpha value is -1.32. The van der Waals surface area contributed by atoms with E-state index < -0.39 is 5.41 Å². The van der Waals surface area contributed by atoms with Gasteiger partial charge in [0.2, 0.25) is 0 Å². The topological polar surface area (TPSA) is 44.1 Å². The molecule has 0 aliphatic rings. The maximum Gasteiger partial charge on any atom is 0.313 e. The molecule has 0 amide bonds. The van der Waals surface area contributed by atoms with Crippen molar-refractivity contribution in [3.63, 3.8) is 0 Å². The molecule has 1 aromatic rings. The van der Waals surface area contributed by atoms with Crippen LogP contribution in [0.3, 0.4) is 0 Å². The summed E-state index contributed by atoms with van der Waals surface area (Å²) in [4.78, 5) is 11.7. The maximum absolute atomic E-state index is 11.7. The van der Waals surface area contributed by atoms with Gasteiger partial charge in [0.1, 0.15) is 0 Å². The molecule has 16 heavy (non-hydrogen) atoms. The highest BCUT2D eigenvalue weighted by atomic mass is 16.5. The molecule has 0 aliphatic carbocycles. The fourth-order valence-electron chi connectivity index (χ4n) is 1.47. The van der Waals surface area contributed by atoms with Crippen LogP contribution in [-0.4, -0.2) is 22.4 Å². The molecule has 0 aromatic carbocycles. The molecular formula is C12H20N2O2. The number of rotatable bonds is 5. The van der Waals surface area contributed by atoms with Crippen molar-refractivity contribution in [2.24, 2.45) is 5.41 Å². The Bertz CT molecular complexity index is 356. The summed E-state index contributed by atoms with van der Waals surface area (Å²) < 4.78 is 6.83. The largest absolute Gasteiger partial charge is 0.466 e.